The van der Waals surface area contributed by atoms with Crippen LogP contribution in [0.3, 0.4) is 0 Å². The molecule has 0 nitrogen and oxygen atoms in total. The van der Waals surface area contributed by atoms with Crippen molar-refractivity contribution in [2.75, 3.05) is 0 Å². The molecule has 0 rings (SSSR count). The van der Waals surface area contributed by atoms with Crippen LogP contribution in [-0.4, -0.2) is 0 Å². The van der Waals surface area contributed by atoms with Gasteiger partial charge < -0.3 is 0 Å². The Balaban J connectivity index is 4.38. The van der Waals surface area contributed by atoms with E-state index in [-0.39, 0.29) is 0 Å². The van der Waals surface area contributed by atoms with Crippen molar-refractivity contribution in [1.82, 2.24) is 0 Å². The van der Waals surface area contributed by atoms with Gasteiger partial charge in [0, 0.05) is 9.15 Å². The molecule has 0 aliphatic heterocycles. The van der Waals surface area contributed by atoms with Crippen LogP contribution in [0.25, 0.3) is 0 Å². The summed E-state index contributed by atoms with van der Waals surface area (Å²) < 4.78 is 1.41. The molecule has 0 aromatic heterocycles. The summed E-state index contributed by atoms with van der Waals surface area (Å²) in [6.45, 7) is 7.95. The van der Waals surface area contributed by atoms with Gasteiger partial charge in [-0.25, -0.2) is 0 Å². The molecule has 0 saturated heterocycles. The zero-order valence-electron chi connectivity index (χ0n) is 8.49. The molecule has 0 aliphatic carbocycles. The lowest BCUT2D eigenvalue weighted by molar-refractivity contribution is 0.807. The standard InChI is InChI=1S/C12H17I/c1-4-7-9-11(6-3)12(13)10-8-5-2/h4H,1,5-6,8,10H2,2-3H3/b12-11-. The molecular formula is C12H17I. The first-order valence-corrected chi connectivity index (χ1v) is 5.84. The fraction of sp³-hybridized carbons (Fsp3) is 0.500. The van der Waals surface area contributed by atoms with Crippen LogP contribution in [0.2, 0.25) is 0 Å². The number of allylic oxidation sites excluding steroid dienone is 3. The highest BCUT2D eigenvalue weighted by Crippen LogP contribution is 2.21. The third kappa shape index (κ3) is 5.93. The molecule has 0 N–H and O–H groups in total. The maximum atomic E-state index is 3.59. The largest absolute Gasteiger partial charge is 0.0906 e. The van der Waals surface area contributed by atoms with Gasteiger partial charge in [0.15, 0.2) is 0 Å². The highest BCUT2D eigenvalue weighted by atomic mass is 127. The Kier molecular flexibility index (Phi) is 8.22. The normalized spacial score (nSPS) is 11.3. The van der Waals surface area contributed by atoms with Crippen molar-refractivity contribution < 1.29 is 0 Å². The molecule has 0 saturated carbocycles. The van der Waals surface area contributed by atoms with Crippen molar-refractivity contribution in [3.63, 3.8) is 0 Å². The Labute approximate surface area is 95.6 Å². The van der Waals surface area contributed by atoms with Crippen LogP contribution in [0.1, 0.15) is 39.5 Å². The van der Waals surface area contributed by atoms with Crippen molar-refractivity contribution in [1.29, 1.82) is 0 Å². The molecule has 1 heteroatoms. The second-order valence-corrected chi connectivity index (χ2v) is 4.12. The summed E-state index contributed by atoms with van der Waals surface area (Å²) in [5.41, 5.74) is 1.27. The van der Waals surface area contributed by atoms with Crippen LogP contribution in [0.5, 0.6) is 0 Å². The van der Waals surface area contributed by atoms with E-state index in [1.165, 1.54) is 28.4 Å². The molecule has 0 aromatic rings. The molecule has 13 heavy (non-hydrogen) atoms. The summed E-state index contributed by atoms with van der Waals surface area (Å²) in [7, 11) is 0. The van der Waals surface area contributed by atoms with Crippen LogP contribution >= 0.6 is 22.6 Å². The summed E-state index contributed by atoms with van der Waals surface area (Å²) in [5.74, 6) is 6.04. The van der Waals surface area contributed by atoms with Gasteiger partial charge in [0.05, 0.1) is 0 Å². The van der Waals surface area contributed by atoms with E-state index in [2.05, 4.69) is 54.9 Å². The number of hydrogen-bond donors (Lipinski definition) is 0. The summed E-state index contributed by atoms with van der Waals surface area (Å²) in [6.07, 6.45) is 6.37. The van der Waals surface area contributed by atoms with Crippen molar-refractivity contribution in [2.24, 2.45) is 0 Å². The van der Waals surface area contributed by atoms with Gasteiger partial charge in [0.2, 0.25) is 0 Å². The Bertz CT molecular complexity index is 238. The van der Waals surface area contributed by atoms with Crippen molar-refractivity contribution >= 4 is 22.6 Å². The average molecular weight is 288 g/mol. The van der Waals surface area contributed by atoms with E-state index < -0.39 is 0 Å². The third-order valence-electron chi connectivity index (χ3n) is 1.76. The van der Waals surface area contributed by atoms with E-state index in [4.69, 9.17) is 0 Å². The zero-order chi connectivity index (χ0) is 10.1. The topological polar surface area (TPSA) is 0 Å². The Hall–Kier alpha value is -0.230. The fourth-order valence-electron chi connectivity index (χ4n) is 0.969. The second kappa shape index (κ2) is 8.37. The van der Waals surface area contributed by atoms with Crippen LogP contribution in [0.4, 0.5) is 0 Å². The van der Waals surface area contributed by atoms with Crippen LogP contribution in [0, 0.1) is 11.8 Å². The van der Waals surface area contributed by atoms with Crippen molar-refractivity contribution in [3.05, 3.63) is 21.8 Å². The van der Waals surface area contributed by atoms with Crippen LogP contribution in [0.15, 0.2) is 21.8 Å². The molecule has 72 valence electrons. The first kappa shape index (κ1) is 12.8. The zero-order valence-corrected chi connectivity index (χ0v) is 10.6. The molecule has 0 aliphatic rings. The van der Waals surface area contributed by atoms with Gasteiger partial charge in [-0.1, -0.05) is 38.7 Å². The minimum absolute atomic E-state index is 1.03. The van der Waals surface area contributed by atoms with Gasteiger partial charge >= 0.3 is 0 Å². The predicted octanol–water partition coefficient (Wildman–Crippen LogP) is 4.47. The highest BCUT2D eigenvalue weighted by molar-refractivity contribution is 14.1. The van der Waals surface area contributed by atoms with Crippen LogP contribution in [-0.2, 0) is 0 Å². The fourth-order valence-corrected chi connectivity index (χ4v) is 1.87. The lowest BCUT2D eigenvalue weighted by atomic mass is 10.1. The van der Waals surface area contributed by atoms with Crippen molar-refractivity contribution in [2.45, 2.75) is 39.5 Å². The van der Waals surface area contributed by atoms with Gasteiger partial charge in [-0.05, 0) is 47.9 Å². The summed E-state index contributed by atoms with van der Waals surface area (Å²) in [5, 5.41) is 0. The monoisotopic (exact) mass is 288 g/mol. The Morgan fingerprint density at radius 2 is 2.15 bits per heavy atom. The van der Waals surface area contributed by atoms with E-state index in [1.807, 2.05) is 0 Å². The molecule has 0 radical (unpaired) electrons. The van der Waals surface area contributed by atoms with Gasteiger partial charge in [-0.15, -0.1) is 0 Å². The molecular weight excluding hydrogens is 271 g/mol. The maximum Gasteiger partial charge on any atom is 0.0114 e. The lowest BCUT2D eigenvalue weighted by Crippen LogP contribution is -1.82. The van der Waals surface area contributed by atoms with E-state index in [1.54, 1.807) is 6.08 Å². The number of halogens is 1. The van der Waals surface area contributed by atoms with E-state index in [0.29, 0.717) is 0 Å². The molecule has 0 bridgehead atoms. The molecule has 0 atom stereocenters. The number of unbranched alkanes of at least 4 members (excludes halogenated alkanes) is 1. The predicted molar refractivity (Wildman–Crippen MR) is 68.8 cm³/mol. The highest BCUT2D eigenvalue weighted by Gasteiger charge is 1.98. The minimum Gasteiger partial charge on any atom is -0.0906 e. The van der Waals surface area contributed by atoms with Gasteiger partial charge in [0.1, 0.15) is 0 Å². The smallest absolute Gasteiger partial charge is 0.0114 e. The third-order valence-corrected chi connectivity index (χ3v) is 2.95. The van der Waals surface area contributed by atoms with E-state index in [9.17, 15) is 0 Å². The first-order chi connectivity index (χ1) is 6.26. The first-order valence-electron chi connectivity index (χ1n) is 4.76. The van der Waals surface area contributed by atoms with Gasteiger partial charge in [-0.3, -0.25) is 0 Å². The second-order valence-electron chi connectivity index (χ2n) is 2.81. The summed E-state index contributed by atoms with van der Waals surface area (Å²) in [4.78, 5) is 0. The van der Waals surface area contributed by atoms with Crippen molar-refractivity contribution in [3.8, 4) is 11.8 Å². The molecule has 0 amide bonds. The quantitative estimate of drug-likeness (QED) is 0.529. The Morgan fingerprint density at radius 3 is 2.62 bits per heavy atom. The van der Waals surface area contributed by atoms with E-state index in [0.717, 1.165) is 6.42 Å². The maximum absolute atomic E-state index is 3.59. The van der Waals surface area contributed by atoms with Gasteiger partial charge in [-0.2, -0.15) is 0 Å². The van der Waals surface area contributed by atoms with Gasteiger partial charge in [0.25, 0.3) is 0 Å². The van der Waals surface area contributed by atoms with E-state index >= 15 is 0 Å². The molecule has 0 spiro atoms. The summed E-state index contributed by atoms with van der Waals surface area (Å²) >= 11 is 2.41. The Morgan fingerprint density at radius 1 is 1.46 bits per heavy atom. The number of rotatable bonds is 4. The van der Waals surface area contributed by atoms with Crippen LogP contribution < -0.4 is 0 Å². The molecule has 0 aromatic carbocycles. The lowest BCUT2D eigenvalue weighted by Gasteiger charge is -2.01. The molecule has 0 heterocycles. The molecule has 0 unspecified atom stereocenters. The average Bonchev–Trinajstić information content (AvgIpc) is 2.16. The minimum atomic E-state index is 1.03. The SMILES string of the molecule is C=CC#C/C(CC)=C(\I)CCCC. The number of hydrogen-bond acceptors (Lipinski definition) is 0. The summed E-state index contributed by atoms with van der Waals surface area (Å²) in [6, 6.07) is 0. The molecule has 0 fully saturated rings.